The molecule has 0 radical (unpaired) electrons. The van der Waals surface area contributed by atoms with Crippen LogP contribution in [0.15, 0.2) is 23.8 Å². The zero-order valence-corrected chi connectivity index (χ0v) is 13.6. The van der Waals surface area contributed by atoms with Crippen molar-refractivity contribution in [3.8, 4) is 0 Å². The molecular weight excluding hydrogens is 300 g/mol. The summed E-state index contributed by atoms with van der Waals surface area (Å²) in [6, 6.07) is 0. The van der Waals surface area contributed by atoms with E-state index in [2.05, 4.69) is 10.1 Å². The van der Waals surface area contributed by atoms with E-state index in [0.717, 1.165) is 6.54 Å². The Morgan fingerprint density at radius 3 is 2.77 bits per heavy atom. The lowest BCUT2D eigenvalue weighted by Gasteiger charge is -2.14. The molecule has 0 aliphatic carbocycles. The molecule has 0 aromatic carbocycles. The third-order valence-corrected chi connectivity index (χ3v) is 3.97. The minimum Gasteiger partial charge on any atom is -0.289 e. The van der Waals surface area contributed by atoms with Gasteiger partial charge < -0.3 is 0 Å². The summed E-state index contributed by atoms with van der Waals surface area (Å²) in [6.45, 7) is 6.66. The molecule has 0 fully saturated rings. The monoisotopic (exact) mass is 318 g/mol. The highest BCUT2D eigenvalue weighted by Gasteiger charge is 2.12. The molecule has 0 aliphatic heterocycles. The van der Waals surface area contributed by atoms with Gasteiger partial charge in [-0.25, -0.2) is 4.98 Å². The SMILES string of the molecule is CCN(C(C)=O)c1nc(/C=C/C(=O)c2cnn(CC)c2)cs1. The third-order valence-electron chi connectivity index (χ3n) is 3.08. The summed E-state index contributed by atoms with van der Waals surface area (Å²) >= 11 is 1.38. The van der Waals surface area contributed by atoms with E-state index < -0.39 is 0 Å². The highest BCUT2D eigenvalue weighted by atomic mass is 32.1. The van der Waals surface area contributed by atoms with Gasteiger partial charge in [0.2, 0.25) is 5.91 Å². The molecule has 0 saturated carbocycles. The fraction of sp³-hybridized carbons (Fsp3) is 0.333. The van der Waals surface area contributed by atoms with Crippen molar-refractivity contribution in [1.29, 1.82) is 0 Å². The van der Waals surface area contributed by atoms with Crippen LogP contribution < -0.4 is 4.90 Å². The van der Waals surface area contributed by atoms with Gasteiger partial charge in [-0.05, 0) is 26.0 Å². The lowest BCUT2D eigenvalue weighted by molar-refractivity contribution is -0.116. The average Bonchev–Trinajstić information content (AvgIpc) is 3.14. The summed E-state index contributed by atoms with van der Waals surface area (Å²) in [4.78, 5) is 29.4. The Balaban J connectivity index is 2.08. The number of hydrogen-bond donors (Lipinski definition) is 0. The van der Waals surface area contributed by atoms with Crippen molar-refractivity contribution in [2.75, 3.05) is 11.4 Å². The first-order valence-corrected chi connectivity index (χ1v) is 7.91. The average molecular weight is 318 g/mol. The third kappa shape index (κ3) is 3.67. The predicted octanol–water partition coefficient (Wildman–Crippen LogP) is 2.63. The number of anilines is 1. The summed E-state index contributed by atoms with van der Waals surface area (Å²) in [5.74, 6) is -0.163. The second-order valence-corrected chi connectivity index (χ2v) is 5.44. The van der Waals surface area contributed by atoms with Crippen molar-refractivity contribution in [2.45, 2.75) is 27.3 Å². The Morgan fingerprint density at radius 1 is 1.41 bits per heavy atom. The Kier molecular flexibility index (Phi) is 5.21. The molecule has 0 atom stereocenters. The van der Waals surface area contributed by atoms with E-state index in [4.69, 9.17) is 0 Å². The second-order valence-electron chi connectivity index (χ2n) is 4.60. The van der Waals surface area contributed by atoms with Crippen LogP contribution in [0.5, 0.6) is 0 Å². The van der Waals surface area contributed by atoms with Gasteiger partial charge in [-0.3, -0.25) is 19.2 Å². The highest BCUT2D eigenvalue weighted by molar-refractivity contribution is 7.14. The van der Waals surface area contributed by atoms with Gasteiger partial charge >= 0.3 is 0 Å². The van der Waals surface area contributed by atoms with E-state index in [1.165, 1.54) is 24.3 Å². The maximum atomic E-state index is 12.0. The van der Waals surface area contributed by atoms with Crippen molar-refractivity contribution < 1.29 is 9.59 Å². The Bertz CT molecular complexity index is 702. The number of thiazole rings is 1. The number of carbonyl (C=O) groups excluding carboxylic acids is 2. The number of ketones is 1. The van der Waals surface area contributed by atoms with E-state index in [1.807, 2.05) is 19.2 Å². The first kappa shape index (κ1) is 16.1. The van der Waals surface area contributed by atoms with Crippen LogP contribution in [-0.4, -0.2) is 33.0 Å². The zero-order chi connectivity index (χ0) is 16.1. The minimum absolute atomic E-state index is 0.0459. The van der Waals surface area contributed by atoms with Gasteiger partial charge in [-0.1, -0.05) is 0 Å². The summed E-state index contributed by atoms with van der Waals surface area (Å²) < 4.78 is 1.70. The van der Waals surface area contributed by atoms with E-state index in [0.29, 0.717) is 22.9 Å². The quantitative estimate of drug-likeness (QED) is 0.606. The fourth-order valence-corrected chi connectivity index (χ4v) is 2.79. The molecule has 7 heteroatoms. The van der Waals surface area contributed by atoms with Gasteiger partial charge in [0.1, 0.15) is 0 Å². The molecule has 116 valence electrons. The number of amides is 1. The topological polar surface area (TPSA) is 68.1 Å². The smallest absolute Gasteiger partial charge is 0.225 e. The maximum absolute atomic E-state index is 12.0. The van der Waals surface area contributed by atoms with Gasteiger partial charge in [-0.15, -0.1) is 11.3 Å². The number of aromatic nitrogens is 3. The lowest BCUT2D eigenvalue weighted by Crippen LogP contribution is -2.27. The van der Waals surface area contributed by atoms with Crippen molar-refractivity contribution in [3.05, 3.63) is 35.1 Å². The lowest BCUT2D eigenvalue weighted by atomic mass is 10.2. The summed E-state index contributed by atoms with van der Waals surface area (Å²) in [5.41, 5.74) is 1.21. The molecule has 2 aromatic heterocycles. The van der Waals surface area contributed by atoms with Crippen LogP contribution in [0, 0.1) is 0 Å². The molecule has 0 N–H and O–H groups in total. The normalized spacial score (nSPS) is 11.0. The van der Waals surface area contributed by atoms with Crippen molar-refractivity contribution in [3.63, 3.8) is 0 Å². The van der Waals surface area contributed by atoms with Gasteiger partial charge in [0.05, 0.1) is 17.5 Å². The maximum Gasteiger partial charge on any atom is 0.225 e. The first-order chi connectivity index (χ1) is 10.5. The van der Waals surface area contributed by atoms with Crippen molar-refractivity contribution in [1.82, 2.24) is 14.8 Å². The van der Waals surface area contributed by atoms with E-state index in [9.17, 15) is 9.59 Å². The number of rotatable bonds is 6. The second kappa shape index (κ2) is 7.13. The van der Waals surface area contributed by atoms with Gasteiger partial charge in [0.15, 0.2) is 10.9 Å². The van der Waals surface area contributed by atoms with Crippen molar-refractivity contribution in [2.24, 2.45) is 0 Å². The molecule has 6 nitrogen and oxygen atoms in total. The van der Waals surface area contributed by atoms with Crippen LogP contribution in [0.4, 0.5) is 5.13 Å². The standard InChI is InChI=1S/C15H18N4O2S/c1-4-18-9-12(8-16-18)14(21)7-6-13-10-22-15(17-13)19(5-2)11(3)20/h6-10H,4-5H2,1-3H3/b7-6+. The molecule has 0 unspecified atom stereocenters. The largest absolute Gasteiger partial charge is 0.289 e. The molecule has 0 bridgehead atoms. The molecule has 0 aliphatic rings. The van der Waals surface area contributed by atoms with Crippen LogP contribution in [0.25, 0.3) is 6.08 Å². The minimum atomic E-state index is -0.117. The van der Waals surface area contributed by atoms with Crippen LogP contribution >= 0.6 is 11.3 Å². The van der Waals surface area contributed by atoms with Gasteiger partial charge in [0.25, 0.3) is 0 Å². The number of nitrogens with zero attached hydrogens (tertiary/aromatic N) is 4. The van der Waals surface area contributed by atoms with Crippen LogP contribution in [0.1, 0.15) is 36.8 Å². The fourth-order valence-electron chi connectivity index (χ4n) is 1.89. The predicted molar refractivity (Wildman–Crippen MR) is 87.1 cm³/mol. The Labute approximate surface area is 133 Å². The number of allylic oxidation sites excluding steroid dienone is 1. The van der Waals surface area contributed by atoms with Gasteiger partial charge in [-0.2, -0.15) is 5.10 Å². The highest BCUT2D eigenvalue weighted by Crippen LogP contribution is 2.21. The molecular formula is C15H18N4O2S. The van der Waals surface area contributed by atoms with Gasteiger partial charge in [0, 0.05) is 31.6 Å². The summed E-state index contributed by atoms with van der Waals surface area (Å²) in [6.07, 6.45) is 6.39. The summed E-state index contributed by atoms with van der Waals surface area (Å²) in [7, 11) is 0. The first-order valence-electron chi connectivity index (χ1n) is 7.03. The molecule has 1 amide bonds. The van der Waals surface area contributed by atoms with Crippen LogP contribution in [-0.2, 0) is 11.3 Å². The molecule has 22 heavy (non-hydrogen) atoms. The molecule has 0 saturated heterocycles. The molecule has 2 rings (SSSR count). The molecule has 0 spiro atoms. The molecule has 2 aromatic rings. The summed E-state index contributed by atoms with van der Waals surface area (Å²) in [5, 5.41) is 6.53. The number of aryl methyl sites for hydroxylation is 1. The van der Waals surface area contributed by atoms with Crippen molar-refractivity contribution >= 4 is 34.2 Å². The number of carbonyl (C=O) groups is 2. The van der Waals surface area contributed by atoms with Crippen LogP contribution in [0.2, 0.25) is 0 Å². The van der Waals surface area contributed by atoms with E-state index in [-0.39, 0.29) is 11.7 Å². The number of hydrogen-bond acceptors (Lipinski definition) is 5. The Hall–Kier alpha value is -2.28. The zero-order valence-electron chi connectivity index (χ0n) is 12.8. The van der Waals surface area contributed by atoms with E-state index in [1.54, 1.807) is 28.1 Å². The Morgan fingerprint density at radius 2 is 2.18 bits per heavy atom. The van der Waals surface area contributed by atoms with Crippen LogP contribution in [0.3, 0.4) is 0 Å². The van der Waals surface area contributed by atoms with E-state index >= 15 is 0 Å². The molecule has 2 heterocycles.